The van der Waals surface area contributed by atoms with Crippen molar-refractivity contribution in [3.05, 3.63) is 40.6 Å². The van der Waals surface area contributed by atoms with Crippen molar-refractivity contribution in [1.29, 1.82) is 0 Å². The van der Waals surface area contributed by atoms with Crippen LogP contribution in [-0.4, -0.2) is 30.2 Å². The maximum Gasteiger partial charge on any atom is 0.311 e. The molecule has 8 heteroatoms. The minimum Gasteiger partial charge on any atom is -0.496 e. The number of anilines is 1. The number of nitrogens with zero attached hydrogens (tertiary/aromatic N) is 1. The smallest absolute Gasteiger partial charge is 0.311 e. The van der Waals surface area contributed by atoms with Crippen molar-refractivity contribution in [3.8, 4) is 5.75 Å². The summed E-state index contributed by atoms with van der Waals surface area (Å²) in [6.07, 6.45) is -1.05. The van der Waals surface area contributed by atoms with Crippen molar-refractivity contribution in [3.63, 3.8) is 0 Å². The van der Waals surface area contributed by atoms with E-state index in [2.05, 4.69) is 10.5 Å². The molecule has 1 N–H and O–H groups in total. The van der Waals surface area contributed by atoms with Crippen LogP contribution in [0.1, 0.15) is 18.2 Å². The Morgan fingerprint density at radius 1 is 1.38 bits per heavy atom. The number of hydrogen-bond acceptors (Lipinski definition) is 6. The molecule has 0 unspecified atom stereocenters. The maximum absolute atomic E-state index is 12.0. The first-order valence-electron chi connectivity index (χ1n) is 7.15. The Labute approximate surface area is 143 Å². The van der Waals surface area contributed by atoms with E-state index >= 15 is 0 Å². The van der Waals surface area contributed by atoms with Crippen LogP contribution in [0.4, 0.5) is 5.82 Å². The fourth-order valence-electron chi connectivity index (χ4n) is 1.99. The highest BCUT2D eigenvalue weighted by molar-refractivity contribution is 6.30. The monoisotopic (exact) mass is 352 g/mol. The molecule has 0 saturated heterocycles. The van der Waals surface area contributed by atoms with Crippen LogP contribution in [0.2, 0.25) is 5.02 Å². The number of carbonyl (C=O) groups excluding carboxylic acids is 2. The van der Waals surface area contributed by atoms with Gasteiger partial charge in [-0.3, -0.25) is 9.59 Å². The summed E-state index contributed by atoms with van der Waals surface area (Å²) >= 11 is 5.92. The normalized spacial score (nSPS) is 11.7. The quantitative estimate of drug-likeness (QED) is 0.804. The number of aryl methyl sites for hydroxylation is 1. The molecule has 0 radical (unpaired) electrons. The van der Waals surface area contributed by atoms with Gasteiger partial charge in [-0.05, 0) is 32.0 Å². The summed E-state index contributed by atoms with van der Waals surface area (Å²) in [5.41, 5.74) is 0.578. The van der Waals surface area contributed by atoms with Crippen LogP contribution in [0.5, 0.6) is 5.75 Å². The summed E-state index contributed by atoms with van der Waals surface area (Å²) in [6, 6.07) is 6.49. The van der Waals surface area contributed by atoms with Gasteiger partial charge < -0.3 is 19.3 Å². The molecule has 1 aromatic carbocycles. The Balaban J connectivity index is 1.94. The highest BCUT2D eigenvalue weighted by Gasteiger charge is 2.20. The van der Waals surface area contributed by atoms with E-state index in [4.69, 9.17) is 25.6 Å². The molecule has 1 amide bonds. The van der Waals surface area contributed by atoms with E-state index in [0.717, 1.165) is 0 Å². The zero-order valence-corrected chi connectivity index (χ0v) is 14.2. The first-order valence-corrected chi connectivity index (χ1v) is 7.53. The SMILES string of the molecule is COc1ccc(Cl)cc1CC(=O)O[C@H](C)C(=O)Nc1cc(C)on1. The third-order valence-corrected chi connectivity index (χ3v) is 3.37. The molecule has 0 bridgehead atoms. The number of esters is 1. The summed E-state index contributed by atoms with van der Waals surface area (Å²) in [5.74, 6) is 0.260. The van der Waals surface area contributed by atoms with E-state index in [-0.39, 0.29) is 12.2 Å². The number of aromatic nitrogens is 1. The van der Waals surface area contributed by atoms with Crippen LogP contribution in [0, 0.1) is 6.92 Å². The number of nitrogens with one attached hydrogen (secondary N) is 1. The lowest BCUT2D eigenvalue weighted by atomic mass is 10.1. The Hall–Kier alpha value is -2.54. The first kappa shape index (κ1) is 17.8. The molecule has 0 aliphatic rings. The standard InChI is InChI=1S/C16H17ClN2O5/c1-9-6-14(19-24-9)18-16(21)10(2)23-15(20)8-11-7-12(17)4-5-13(11)22-3/h4-7,10H,8H2,1-3H3,(H,18,19,21)/t10-/m1/s1. The number of methoxy groups -OCH3 is 1. The number of rotatable bonds is 6. The number of ether oxygens (including phenoxy) is 2. The van der Waals surface area contributed by atoms with Crippen molar-refractivity contribution in [2.75, 3.05) is 12.4 Å². The van der Waals surface area contributed by atoms with Crippen LogP contribution in [0.15, 0.2) is 28.8 Å². The molecular formula is C16H17ClN2O5. The average Bonchev–Trinajstić information content (AvgIpc) is 2.92. The molecule has 2 rings (SSSR count). The molecule has 7 nitrogen and oxygen atoms in total. The van der Waals surface area contributed by atoms with Crippen molar-refractivity contribution in [2.24, 2.45) is 0 Å². The third kappa shape index (κ3) is 4.73. The zero-order valence-electron chi connectivity index (χ0n) is 13.5. The Kier molecular flexibility index (Phi) is 5.81. The topological polar surface area (TPSA) is 90.7 Å². The van der Waals surface area contributed by atoms with E-state index in [1.165, 1.54) is 14.0 Å². The number of halogens is 1. The Morgan fingerprint density at radius 2 is 2.12 bits per heavy atom. The fraction of sp³-hybridized carbons (Fsp3) is 0.312. The zero-order chi connectivity index (χ0) is 17.7. The molecule has 0 aliphatic carbocycles. The highest BCUT2D eigenvalue weighted by atomic mass is 35.5. The minimum atomic E-state index is -0.986. The first-order chi connectivity index (χ1) is 11.4. The number of hydrogen-bond donors (Lipinski definition) is 1. The van der Waals surface area contributed by atoms with E-state index in [9.17, 15) is 9.59 Å². The van der Waals surface area contributed by atoms with Gasteiger partial charge in [0.15, 0.2) is 11.9 Å². The molecule has 1 heterocycles. The van der Waals surface area contributed by atoms with Crippen LogP contribution in [-0.2, 0) is 20.7 Å². The van der Waals surface area contributed by atoms with Crippen LogP contribution >= 0.6 is 11.6 Å². The lowest BCUT2D eigenvalue weighted by Crippen LogP contribution is -2.30. The second-order valence-corrected chi connectivity index (χ2v) is 5.51. The number of benzene rings is 1. The lowest BCUT2D eigenvalue weighted by Gasteiger charge is -2.13. The molecule has 0 saturated carbocycles. The van der Waals surface area contributed by atoms with Gasteiger partial charge in [-0.2, -0.15) is 0 Å². The molecule has 1 aromatic heterocycles. The molecule has 2 aromatic rings. The highest BCUT2D eigenvalue weighted by Crippen LogP contribution is 2.23. The second kappa shape index (κ2) is 7.83. The summed E-state index contributed by atoms with van der Waals surface area (Å²) in [5, 5.41) is 6.61. The van der Waals surface area contributed by atoms with Gasteiger partial charge in [-0.15, -0.1) is 0 Å². The summed E-state index contributed by atoms with van der Waals surface area (Å²) in [4.78, 5) is 24.0. The van der Waals surface area contributed by atoms with Crippen molar-refractivity contribution >= 4 is 29.3 Å². The van der Waals surface area contributed by atoms with Gasteiger partial charge in [0.1, 0.15) is 11.5 Å². The molecule has 128 valence electrons. The van der Waals surface area contributed by atoms with E-state index in [1.807, 2.05) is 0 Å². The summed E-state index contributed by atoms with van der Waals surface area (Å²) in [6.45, 7) is 3.17. The van der Waals surface area contributed by atoms with Crippen molar-refractivity contribution < 1.29 is 23.6 Å². The predicted octanol–water partition coefficient (Wildman–Crippen LogP) is 2.76. The van der Waals surface area contributed by atoms with E-state index in [1.54, 1.807) is 31.2 Å². The van der Waals surface area contributed by atoms with Crippen molar-refractivity contribution in [2.45, 2.75) is 26.4 Å². The molecule has 0 fully saturated rings. The van der Waals surface area contributed by atoms with E-state index in [0.29, 0.717) is 22.1 Å². The largest absolute Gasteiger partial charge is 0.496 e. The minimum absolute atomic E-state index is 0.0651. The molecule has 24 heavy (non-hydrogen) atoms. The molecular weight excluding hydrogens is 336 g/mol. The molecule has 0 spiro atoms. The summed E-state index contributed by atoms with van der Waals surface area (Å²) in [7, 11) is 1.49. The summed E-state index contributed by atoms with van der Waals surface area (Å²) < 4.78 is 15.1. The van der Waals surface area contributed by atoms with Gasteiger partial charge in [-0.1, -0.05) is 16.8 Å². The van der Waals surface area contributed by atoms with Crippen LogP contribution in [0.25, 0.3) is 0 Å². The molecule has 1 atom stereocenters. The number of amides is 1. The number of carbonyl (C=O) groups is 2. The van der Waals surface area contributed by atoms with Gasteiger partial charge in [0, 0.05) is 16.7 Å². The fourth-order valence-corrected chi connectivity index (χ4v) is 2.18. The van der Waals surface area contributed by atoms with Gasteiger partial charge in [-0.25, -0.2) is 0 Å². The third-order valence-electron chi connectivity index (χ3n) is 3.13. The Bertz CT molecular complexity index is 744. The van der Waals surface area contributed by atoms with Crippen LogP contribution in [0.3, 0.4) is 0 Å². The van der Waals surface area contributed by atoms with E-state index < -0.39 is 18.0 Å². The van der Waals surface area contributed by atoms with Gasteiger partial charge in [0.25, 0.3) is 5.91 Å². The van der Waals surface area contributed by atoms with Gasteiger partial charge >= 0.3 is 5.97 Å². The maximum atomic E-state index is 12.0. The average molecular weight is 353 g/mol. The van der Waals surface area contributed by atoms with Gasteiger partial charge in [0.05, 0.1) is 13.5 Å². The van der Waals surface area contributed by atoms with Gasteiger partial charge in [0.2, 0.25) is 0 Å². The second-order valence-electron chi connectivity index (χ2n) is 5.08. The van der Waals surface area contributed by atoms with Crippen molar-refractivity contribution in [1.82, 2.24) is 5.16 Å². The van der Waals surface area contributed by atoms with Crippen LogP contribution < -0.4 is 10.1 Å². The lowest BCUT2D eigenvalue weighted by molar-refractivity contribution is -0.152. The Morgan fingerprint density at radius 3 is 2.75 bits per heavy atom. The predicted molar refractivity (Wildman–Crippen MR) is 87.1 cm³/mol. The molecule has 0 aliphatic heterocycles.